The summed E-state index contributed by atoms with van der Waals surface area (Å²) in [6, 6.07) is 20.5. The third-order valence-electron chi connectivity index (χ3n) is 5.00. The van der Waals surface area contributed by atoms with Crippen LogP contribution in [0.25, 0.3) is 11.3 Å². The number of imidazole rings is 1. The zero-order valence-electron chi connectivity index (χ0n) is 17.5. The summed E-state index contributed by atoms with van der Waals surface area (Å²) in [5.41, 5.74) is 4.91. The molecule has 0 saturated carbocycles. The summed E-state index contributed by atoms with van der Waals surface area (Å²) in [6.07, 6.45) is 7.62. The average Bonchev–Trinajstić information content (AvgIpc) is 3.44. The van der Waals surface area contributed by atoms with E-state index < -0.39 is 0 Å². The first-order valence-electron chi connectivity index (χ1n) is 10.2. The smallest absolute Gasteiger partial charge is 0.255 e. The van der Waals surface area contributed by atoms with Crippen molar-refractivity contribution in [1.82, 2.24) is 19.2 Å². The average molecular weight is 423 g/mol. The summed E-state index contributed by atoms with van der Waals surface area (Å²) in [4.78, 5) is 17.2. The monoisotopic (exact) mass is 423 g/mol. The van der Waals surface area contributed by atoms with Crippen LogP contribution < -0.4 is 10.1 Å². The summed E-state index contributed by atoms with van der Waals surface area (Å²) in [5, 5.41) is 7.21. The molecule has 7 nitrogen and oxygen atoms in total. The van der Waals surface area contributed by atoms with Gasteiger partial charge in [-0.3, -0.25) is 4.79 Å². The molecule has 2 aromatic carbocycles. The van der Waals surface area contributed by atoms with Crippen LogP contribution in [0.1, 0.15) is 21.6 Å². The highest BCUT2D eigenvalue weighted by atomic mass is 16.5. The van der Waals surface area contributed by atoms with Crippen LogP contribution in [0.2, 0.25) is 0 Å². The van der Waals surface area contributed by atoms with Gasteiger partial charge < -0.3 is 14.5 Å². The van der Waals surface area contributed by atoms with E-state index >= 15 is 0 Å². The van der Waals surface area contributed by atoms with Gasteiger partial charge >= 0.3 is 0 Å². The molecule has 0 aliphatic carbocycles. The number of hydrogen-bond acceptors (Lipinski definition) is 4. The lowest BCUT2D eigenvalue weighted by Crippen LogP contribution is -2.12. The van der Waals surface area contributed by atoms with Crippen molar-refractivity contribution in [2.24, 2.45) is 0 Å². The van der Waals surface area contributed by atoms with E-state index in [0.29, 0.717) is 23.6 Å². The maximum absolute atomic E-state index is 12.7. The fraction of sp³-hybridized carbons (Fsp3) is 0.0800. The fourth-order valence-corrected chi connectivity index (χ4v) is 3.40. The van der Waals surface area contributed by atoms with Crippen LogP contribution in [0, 0.1) is 6.92 Å². The van der Waals surface area contributed by atoms with Gasteiger partial charge in [0.2, 0.25) is 0 Å². The molecule has 0 saturated heterocycles. The van der Waals surface area contributed by atoms with Crippen molar-refractivity contribution in [1.29, 1.82) is 0 Å². The van der Waals surface area contributed by atoms with Crippen molar-refractivity contribution >= 4 is 17.2 Å². The highest BCUT2D eigenvalue weighted by molar-refractivity contribution is 6.04. The summed E-state index contributed by atoms with van der Waals surface area (Å²) < 4.78 is 9.61. The van der Waals surface area contributed by atoms with E-state index in [9.17, 15) is 4.79 Å². The number of carbonyl (C=O) groups is 1. The molecule has 1 N–H and O–H groups in total. The Morgan fingerprint density at radius 2 is 1.91 bits per heavy atom. The summed E-state index contributed by atoms with van der Waals surface area (Å²) in [6.45, 7) is 2.33. The van der Waals surface area contributed by atoms with Crippen molar-refractivity contribution in [3.05, 3.63) is 108 Å². The molecule has 0 aliphatic heterocycles. The van der Waals surface area contributed by atoms with Gasteiger partial charge in [-0.05, 0) is 61.0 Å². The van der Waals surface area contributed by atoms with Gasteiger partial charge in [-0.15, -0.1) is 0 Å². The maximum Gasteiger partial charge on any atom is 0.255 e. The number of ether oxygens (including phenoxy) is 1. The van der Waals surface area contributed by atoms with Crippen LogP contribution in [0.15, 0.2) is 91.5 Å². The predicted molar refractivity (Wildman–Crippen MR) is 122 cm³/mol. The van der Waals surface area contributed by atoms with Crippen LogP contribution in [0.5, 0.6) is 5.75 Å². The van der Waals surface area contributed by atoms with Crippen LogP contribution in [-0.2, 0) is 6.61 Å². The minimum absolute atomic E-state index is 0.189. The first-order chi connectivity index (χ1) is 15.6. The van der Waals surface area contributed by atoms with Crippen molar-refractivity contribution in [2.75, 3.05) is 5.32 Å². The van der Waals surface area contributed by atoms with Gasteiger partial charge in [-0.1, -0.05) is 12.1 Å². The molecule has 5 aromatic rings. The normalized spacial score (nSPS) is 10.9. The Morgan fingerprint density at radius 3 is 2.69 bits per heavy atom. The Morgan fingerprint density at radius 1 is 1.03 bits per heavy atom. The second kappa shape index (κ2) is 8.39. The Kier molecular flexibility index (Phi) is 5.13. The lowest BCUT2D eigenvalue weighted by molar-refractivity contribution is 0.102. The molecule has 1 amide bonds. The molecule has 0 atom stereocenters. The number of fused-ring (bicyclic) bond motifs is 1. The van der Waals surface area contributed by atoms with Crippen LogP contribution in [0.4, 0.5) is 5.69 Å². The van der Waals surface area contributed by atoms with E-state index in [-0.39, 0.29) is 5.91 Å². The number of nitrogens with zero attached hydrogens (tertiary/aromatic N) is 4. The predicted octanol–water partition coefficient (Wildman–Crippen LogP) is 4.66. The van der Waals surface area contributed by atoms with E-state index in [4.69, 9.17) is 4.74 Å². The maximum atomic E-state index is 12.7. The van der Waals surface area contributed by atoms with E-state index in [0.717, 1.165) is 22.6 Å². The van der Waals surface area contributed by atoms with Gasteiger partial charge in [0.05, 0.1) is 17.6 Å². The molecule has 32 heavy (non-hydrogen) atoms. The van der Waals surface area contributed by atoms with Crippen LogP contribution in [0.3, 0.4) is 0 Å². The number of carbonyl (C=O) groups excluding carboxylic acids is 1. The third kappa shape index (κ3) is 4.22. The Bertz CT molecular complexity index is 1350. The molecule has 0 bridgehead atoms. The summed E-state index contributed by atoms with van der Waals surface area (Å²) in [7, 11) is 0. The number of hydrogen-bond donors (Lipinski definition) is 1. The number of benzene rings is 2. The summed E-state index contributed by atoms with van der Waals surface area (Å²) in [5.74, 6) is 0.468. The molecule has 5 rings (SSSR count). The summed E-state index contributed by atoms with van der Waals surface area (Å²) >= 11 is 0. The van der Waals surface area contributed by atoms with Crippen molar-refractivity contribution in [3.8, 4) is 11.4 Å². The van der Waals surface area contributed by atoms with Crippen molar-refractivity contribution in [2.45, 2.75) is 13.5 Å². The van der Waals surface area contributed by atoms with Gasteiger partial charge in [0.1, 0.15) is 18.0 Å². The molecule has 0 radical (unpaired) electrons. The first kappa shape index (κ1) is 19.6. The lowest BCUT2D eigenvalue weighted by Gasteiger charge is -2.09. The zero-order valence-corrected chi connectivity index (χ0v) is 17.5. The van der Waals surface area contributed by atoms with Gasteiger partial charge in [-0.2, -0.15) is 5.10 Å². The number of aromatic nitrogens is 4. The van der Waals surface area contributed by atoms with E-state index in [1.807, 2.05) is 78.4 Å². The molecule has 0 aliphatic rings. The highest BCUT2D eigenvalue weighted by Gasteiger charge is 2.08. The standard InChI is InChI=1S/C25H21N5O2/c1-18-14-26-30(15-18)22-10-8-19(9-11-22)25(31)28-20-5-4-6-23(13-20)32-17-21-16-29-12-3-2-7-24(29)27-21/h2-16H,17H2,1H3,(H,28,31). The van der Waals surface area contributed by atoms with Gasteiger partial charge in [0, 0.05) is 35.9 Å². The molecule has 7 heteroatoms. The van der Waals surface area contributed by atoms with Gasteiger partial charge in [-0.25, -0.2) is 9.67 Å². The molecule has 158 valence electrons. The van der Waals surface area contributed by atoms with E-state index in [1.165, 1.54) is 0 Å². The molecule has 3 aromatic heterocycles. The Hall–Kier alpha value is -4.39. The second-order valence-corrected chi connectivity index (χ2v) is 7.48. The second-order valence-electron chi connectivity index (χ2n) is 7.48. The zero-order chi connectivity index (χ0) is 21.9. The minimum atomic E-state index is -0.189. The fourth-order valence-electron chi connectivity index (χ4n) is 3.40. The number of anilines is 1. The topological polar surface area (TPSA) is 73.5 Å². The van der Waals surface area contributed by atoms with Crippen LogP contribution >= 0.6 is 0 Å². The molecular formula is C25H21N5O2. The number of amides is 1. The highest BCUT2D eigenvalue weighted by Crippen LogP contribution is 2.20. The number of nitrogens with one attached hydrogen (secondary N) is 1. The van der Waals surface area contributed by atoms with E-state index in [2.05, 4.69) is 15.4 Å². The van der Waals surface area contributed by atoms with Gasteiger partial charge in [0.15, 0.2) is 0 Å². The molecule has 3 heterocycles. The lowest BCUT2D eigenvalue weighted by atomic mass is 10.2. The molecule has 0 unspecified atom stereocenters. The van der Waals surface area contributed by atoms with Gasteiger partial charge in [0.25, 0.3) is 5.91 Å². The Balaban J connectivity index is 1.23. The number of aryl methyl sites for hydroxylation is 1. The number of pyridine rings is 1. The van der Waals surface area contributed by atoms with Crippen molar-refractivity contribution < 1.29 is 9.53 Å². The van der Waals surface area contributed by atoms with E-state index in [1.54, 1.807) is 29.1 Å². The molecule has 0 spiro atoms. The largest absolute Gasteiger partial charge is 0.487 e. The quantitative estimate of drug-likeness (QED) is 0.431. The van der Waals surface area contributed by atoms with Crippen LogP contribution in [-0.4, -0.2) is 25.1 Å². The SMILES string of the molecule is Cc1cnn(-c2ccc(C(=O)Nc3cccc(OCc4cn5ccccc5n4)c3)cc2)c1. The third-order valence-corrected chi connectivity index (χ3v) is 5.00. The minimum Gasteiger partial charge on any atom is -0.487 e. The molecule has 0 fully saturated rings. The molecular weight excluding hydrogens is 402 g/mol. The number of rotatable bonds is 6. The first-order valence-corrected chi connectivity index (χ1v) is 10.2. The Labute approximate surface area is 184 Å². The van der Waals surface area contributed by atoms with Crippen molar-refractivity contribution in [3.63, 3.8) is 0 Å².